The third-order valence-corrected chi connectivity index (χ3v) is 3.38. The fourth-order valence-corrected chi connectivity index (χ4v) is 2.00. The van der Waals surface area contributed by atoms with E-state index in [-0.39, 0.29) is 0 Å². The fourth-order valence-electron chi connectivity index (χ4n) is 1.88. The van der Waals surface area contributed by atoms with Crippen LogP contribution in [0.4, 0.5) is 5.69 Å². The van der Waals surface area contributed by atoms with Crippen molar-refractivity contribution in [2.24, 2.45) is 0 Å². The normalized spacial score (nSPS) is 10.4. The molecule has 0 bridgehead atoms. The van der Waals surface area contributed by atoms with Gasteiger partial charge in [0, 0.05) is 24.3 Å². The average Bonchev–Trinajstić information content (AvgIpc) is 2.38. The van der Waals surface area contributed by atoms with Gasteiger partial charge in [0.2, 0.25) is 0 Å². The van der Waals surface area contributed by atoms with Crippen LogP contribution in [0.1, 0.15) is 11.1 Å². The summed E-state index contributed by atoms with van der Waals surface area (Å²) >= 11 is 5.87. The molecule has 0 heterocycles. The highest BCUT2D eigenvalue weighted by Crippen LogP contribution is 2.15. The van der Waals surface area contributed by atoms with E-state index in [1.54, 1.807) is 0 Å². The fraction of sp³-hybridized carbons (Fsp3) is 0.250. The number of aryl methyl sites for hydroxylation is 1. The zero-order valence-corrected chi connectivity index (χ0v) is 11.6. The maximum atomic E-state index is 5.87. The van der Waals surface area contributed by atoms with Crippen LogP contribution in [0.3, 0.4) is 0 Å². The Bertz CT molecular complexity index is 488. The van der Waals surface area contributed by atoms with Gasteiger partial charge in [-0.1, -0.05) is 41.4 Å². The third-order valence-electron chi connectivity index (χ3n) is 3.12. The molecule has 0 unspecified atom stereocenters. The van der Waals surface area contributed by atoms with Crippen molar-refractivity contribution in [1.82, 2.24) is 0 Å². The van der Waals surface area contributed by atoms with Crippen LogP contribution in [0.25, 0.3) is 0 Å². The van der Waals surface area contributed by atoms with Crippen molar-refractivity contribution >= 4 is 17.3 Å². The minimum Gasteiger partial charge on any atom is -0.374 e. The van der Waals surface area contributed by atoms with Gasteiger partial charge < -0.3 is 4.90 Å². The lowest BCUT2D eigenvalue weighted by Gasteiger charge is -2.19. The molecule has 2 aromatic rings. The Morgan fingerprint density at radius 3 is 2.17 bits per heavy atom. The van der Waals surface area contributed by atoms with Gasteiger partial charge in [-0.2, -0.15) is 0 Å². The molecule has 0 radical (unpaired) electrons. The number of rotatable bonds is 4. The summed E-state index contributed by atoms with van der Waals surface area (Å²) in [5.41, 5.74) is 3.87. The number of halogens is 1. The lowest BCUT2D eigenvalue weighted by atomic mass is 10.1. The summed E-state index contributed by atoms with van der Waals surface area (Å²) in [4.78, 5) is 2.27. The van der Waals surface area contributed by atoms with Crippen molar-refractivity contribution in [2.75, 3.05) is 18.5 Å². The Morgan fingerprint density at radius 2 is 1.56 bits per heavy atom. The van der Waals surface area contributed by atoms with E-state index in [0.29, 0.717) is 0 Å². The summed E-state index contributed by atoms with van der Waals surface area (Å²) in [6.07, 6.45) is 1.03. The Morgan fingerprint density at radius 1 is 0.944 bits per heavy atom. The molecule has 0 aromatic heterocycles. The molecule has 0 N–H and O–H groups in total. The highest BCUT2D eigenvalue weighted by Gasteiger charge is 2.01. The second kappa shape index (κ2) is 5.92. The first-order valence-electron chi connectivity index (χ1n) is 6.17. The Balaban J connectivity index is 1.93. The number of nitrogens with zero attached hydrogens (tertiary/aromatic N) is 1. The van der Waals surface area contributed by atoms with Gasteiger partial charge in [0.15, 0.2) is 0 Å². The second-order valence-electron chi connectivity index (χ2n) is 4.63. The predicted molar refractivity (Wildman–Crippen MR) is 79.6 cm³/mol. The highest BCUT2D eigenvalue weighted by molar-refractivity contribution is 6.30. The molecule has 0 saturated heterocycles. The second-order valence-corrected chi connectivity index (χ2v) is 5.07. The molecule has 2 heteroatoms. The number of benzene rings is 2. The van der Waals surface area contributed by atoms with Gasteiger partial charge >= 0.3 is 0 Å². The molecule has 1 nitrogen and oxygen atoms in total. The van der Waals surface area contributed by atoms with E-state index in [1.807, 2.05) is 12.1 Å². The van der Waals surface area contributed by atoms with Gasteiger partial charge in [-0.25, -0.2) is 0 Å². The van der Waals surface area contributed by atoms with Crippen molar-refractivity contribution < 1.29 is 0 Å². The Hall–Kier alpha value is -1.47. The largest absolute Gasteiger partial charge is 0.374 e. The van der Waals surface area contributed by atoms with Crippen LogP contribution in [0.2, 0.25) is 5.02 Å². The molecule has 0 spiro atoms. The minimum atomic E-state index is 0.797. The maximum Gasteiger partial charge on any atom is 0.0406 e. The number of hydrogen-bond donors (Lipinski definition) is 0. The average molecular weight is 260 g/mol. The van der Waals surface area contributed by atoms with E-state index in [1.165, 1.54) is 16.8 Å². The van der Waals surface area contributed by atoms with E-state index in [4.69, 9.17) is 11.6 Å². The smallest absolute Gasteiger partial charge is 0.0406 e. The molecular formula is C16H18ClN. The highest BCUT2D eigenvalue weighted by atomic mass is 35.5. The third kappa shape index (κ3) is 3.51. The summed E-state index contributed by atoms with van der Waals surface area (Å²) in [6, 6.07) is 16.7. The minimum absolute atomic E-state index is 0.797. The van der Waals surface area contributed by atoms with Gasteiger partial charge in [0.1, 0.15) is 0 Å². The van der Waals surface area contributed by atoms with Crippen LogP contribution >= 0.6 is 11.6 Å². The first-order valence-corrected chi connectivity index (χ1v) is 6.55. The van der Waals surface area contributed by atoms with E-state index in [2.05, 4.69) is 55.3 Å². The van der Waals surface area contributed by atoms with Crippen molar-refractivity contribution in [3.05, 3.63) is 64.7 Å². The molecule has 0 amide bonds. The molecule has 0 aliphatic rings. The first kappa shape index (κ1) is 13.0. The van der Waals surface area contributed by atoms with Gasteiger partial charge in [0.25, 0.3) is 0 Å². The molecule has 94 valence electrons. The van der Waals surface area contributed by atoms with Crippen molar-refractivity contribution in [3.63, 3.8) is 0 Å². The van der Waals surface area contributed by atoms with Crippen LogP contribution in [-0.4, -0.2) is 13.6 Å². The quantitative estimate of drug-likeness (QED) is 0.790. The predicted octanol–water partition coefficient (Wildman–Crippen LogP) is 4.33. The maximum absolute atomic E-state index is 5.87. The van der Waals surface area contributed by atoms with Crippen molar-refractivity contribution in [1.29, 1.82) is 0 Å². The molecule has 18 heavy (non-hydrogen) atoms. The van der Waals surface area contributed by atoms with Crippen LogP contribution in [0.5, 0.6) is 0 Å². The van der Waals surface area contributed by atoms with Gasteiger partial charge in [0.05, 0.1) is 0 Å². The SMILES string of the molecule is Cc1ccc(N(C)CCc2ccc(Cl)cc2)cc1. The van der Waals surface area contributed by atoms with Gasteiger partial charge in [-0.15, -0.1) is 0 Å². The molecule has 2 rings (SSSR count). The monoisotopic (exact) mass is 259 g/mol. The Labute approximate surface area is 114 Å². The summed E-state index contributed by atoms with van der Waals surface area (Å²) in [7, 11) is 2.13. The van der Waals surface area contributed by atoms with Crippen molar-refractivity contribution in [2.45, 2.75) is 13.3 Å². The zero-order valence-electron chi connectivity index (χ0n) is 10.9. The molecular weight excluding hydrogens is 242 g/mol. The lowest BCUT2D eigenvalue weighted by Crippen LogP contribution is -2.20. The lowest BCUT2D eigenvalue weighted by molar-refractivity contribution is 0.876. The van der Waals surface area contributed by atoms with Crippen LogP contribution in [0.15, 0.2) is 48.5 Å². The number of anilines is 1. The molecule has 0 fully saturated rings. The number of hydrogen-bond acceptors (Lipinski definition) is 1. The summed E-state index contributed by atoms with van der Waals surface area (Å²) in [6.45, 7) is 3.11. The molecule has 2 aromatic carbocycles. The number of likely N-dealkylation sites (N-methyl/N-ethyl adjacent to an activating group) is 1. The van der Waals surface area contributed by atoms with Crippen molar-refractivity contribution in [3.8, 4) is 0 Å². The van der Waals surface area contributed by atoms with E-state index in [9.17, 15) is 0 Å². The van der Waals surface area contributed by atoms with E-state index in [0.717, 1.165) is 18.0 Å². The molecule has 0 atom stereocenters. The topological polar surface area (TPSA) is 3.24 Å². The summed E-state index contributed by atoms with van der Waals surface area (Å²) in [5.74, 6) is 0. The molecule has 0 aliphatic heterocycles. The van der Waals surface area contributed by atoms with Crippen LogP contribution in [-0.2, 0) is 6.42 Å². The molecule has 0 aliphatic carbocycles. The standard InChI is InChI=1S/C16H18ClN/c1-13-3-9-16(10-4-13)18(2)12-11-14-5-7-15(17)8-6-14/h3-10H,11-12H2,1-2H3. The zero-order chi connectivity index (χ0) is 13.0. The van der Waals surface area contributed by atoms with Crippen LogP contribution in [0, 0.1) is 6.92 Å². The first-order chi connectivity index (χ1) is 8.65. The summed E-state index contributed by atoms with van der Waals surface area (Å²) in [5, 5.41) is 0.797. The molecule has 0 saturated carbocycles. The van der Waals surface area contributed by atoms with Crippen LogP contribution < -0.4 is 4.90 Å². The summed E-state index contributed by atoms with van der Waals surface area (Å²) < 4.78 is 0. The van der Waals surface area contributed by atoms with Gasteiger partial charge in [-0.3, -0.25) is 0 Å². The van der Waals surface area contributed by atoms with E-state index >= 15 is 0 Å². The Kier molecular flexibility index (Phi) is 4.27. The van der Waals surface area contributed by atoms with Gasteiger partial charge in [-0.05, 0) is 43.2 Å². The van der Waals surface area contributed by atoms with E-state index < -0.39 is 0 Å².